The number of esters is 1. The maximum absolute atomic E-state index is 12.0. The second kappa shape index (κ2) is 9.18. The van der Waals surface area contributed by atoms with E-state index >= 15 is 0 Å². The van der Waals surface area contributed by atoms with Crippen molar-refractivity contribution in [2.24, 2.45) is 0 Å². The summed E-state index contributed by atoms with van der Waals surface area (Å²) in [5.74, 6) is 0.978. The van der Waals surface area contributed by atoms with Gasteiger partial charge in [-0.05, 0) is 31.1 Å². The SMILES string of the molecule is COC(=O)CCc1ccc(/C=C/C(=O)NC2CCCCCC2)o1. The Morgan fingerprint density at radius 3 is 2.70 bits per heavy atom. The molecule has 0 unspecified atom stereocenters. The molecule has 0 aromatic carbocycles. The van der Waals surface area contributed by atoms with E-state index in [1.807, 2.05) is 6.07 Å². The molecule has 1 aromatic rings. The first kappa shape index (κ1) is 17.3. The van der Waals surface area contributed by atoms with Gasteiger partial charge >= 0.3 is 5.97 Å². The van der Waals surface area contributed by atoms with Gasteiger partial charge in [-0.15, -0.1) is 0 Å². The molecule has 5 nitrogen and oxygen atoms in total. The fraction of sp³-hybridized carbons (Fsp3) is 0.556. The van der Waals surface area contributed by atoms with Crippen molar-refractivity contribution in [1.29, 1.82) is 0 Å². The minimum absolute atomic E-state index is 0.0792. The van der Waals surface area contributed by atoms with Gasteiger partial charge in [-0.1, -0.05) is 25.7 Å². The number of aryl methyl sites for hydroxylation is 1. The largest absolute Gasteiger partial charge is 0.469 e. The Kier molecular flexibility index (Phi) is 6.91. The highest BCUT2D eigenvalue weighted by atomic mass is 16.5. The second-order valence-corrected chi connectivity index (χ2v) is 5.91. The van der Waals surface area contributed by atoms with Crippen molar-refractivity contribution in [3.05, 3.63) is 29.7 Å². The Balaban J connectivity index is 1.78. The van der Waals surface area contributed by atoms with Crippen LogP contribution in [-0.2, 0) is 20.7 Å². The molecule has 0 bridgehead atoms. The second-order valence-electron chi connectivity index (χ2n) is 5.91. The van der Waals surface area contributed by atoms with Gasteiger partial charge in [0.15, 0.2) is 0 Å². The molecule has 126 valence electrons. The molecule has 1 amide bonds. The van der Waals surface area contributed by atoms with Gasteiger partial charge in [-0.3, -0.25) is 9.59 Å². The standard InChI is InChI=1S/C18H25NO4/c1-22-18(21)13-11-16-9-8-15(23-16)10-12-17(20)19-14-6-4-2-3-5-7-14/h8-10,12,14H,2-7,11,13H2,1H3,(H,19,20)/b12-10+. The van der Waals surface area contributed by atoms with Crippen molar-refractivity contribution in [1.82, 2.24) is 5.32 Å². The van der Waals surface area contributed by atoms with E-state index < -0.39 is 0 Å². The quantitative estimate of drug-likeness (QED) is 0.496. The third kappa shape index (κ3) is 6.30. The van der Waals surface area contributed by atoms with E-state index in [2.05, 4.69) is 10.1 Å². The fourth-order valence-electron chi connectivity index (χ4n) is 2.78. The first-order chi connectivity index (χ1) is 11.2. The zero-order chi connectivity index (χ0) is 16.5. The Morgan fingerprint density at radius 1 is 1.26 bits per heavy atom. The van der Waals surface area contributed by atoms with Gasteiger partial charge in [-0.2, -0.15) is 0 Å². The van der Waals surface area contributed by atoms with Gasteiger partial charge in [0.25, 0.3) is 0 Å². The number of carbonyl (C=O) groups excluding carboxylic acids is 2. The Hall–Kier alpha value is -2.04. The van der Waals surface area contributed by atoms with Crippen molar-refractivity contribution >= 4 is 18.0 Å². The number of nitrogens with one attached hydrogen (secondary N) is 1. The molecule has 0 aliphatic heterocycles. The van der Waals surface area contributed by atoms with Gasteiger partial charge in [0.2, 0.25) is 5.91 Å². The highest BCUT2D eigenvalue weighted by molar-refractivity contribution is 5.91. The van der Waals surface area contributed by atoms with Crippen LogP contribution < -0.4 is 5.32 Å². The van der Waals surface area contributed by atoms with Gasteiger partial charge in [-0.25, -0.2) is 0 Å². The van der Waals surface area contributed by atoms with Crippen LogP contribution in [0.1, 0.15) is 56.5 Å². The number of carbonyl (C=O) groups is 2. The lowest BCUT2D eigenvalue weighted by atomic mass is 10.1. The summed E-state index contributed by atoms with van der Waals surface area (Å²) in [6.07, 6.45) is 11.0. The number of ether oxygens (including phenoxy) is 1. The number of hydrogen-bond donors (Lipinski definition) is 1. The number of rotatable bonds is 6. The van der Waals surface area contributed by atoms with Crippen LogP contribution in [0.15, 0.2) is 22.6 Å². The lowest BCUT2D eigenvalue weighted by Crippen LogP contribution is -2.33. The van der Waals surface area contributed by atoms with Gasteiger partial charge < -0.3 is 14.5 Å². The van der Waals surface area contributed by atoms with Gasteiger partial charge in [0, 0.05) is 18.5 Å². The summed E-state index contributed by atoms with van der Waals surface area (Å²) in [6.45, 7) is 0. The number of hydrogen-bond acceptors (Lipinski definition) is 4. The number of methoxy groups -OCH3 is 1. The van der Waals surface area contributed by atoms with E-state index in [0.717, 1.165) is 12.8 Å². The van der Waals surface area contributed by atoms with Crippen molar-refractivity contribution in [3.63, 3.8) is 0 Å². The van der Waals surface area contributed by atoms with Crippen LogP contribution in [0.2, 0.25) is 0 Å². The van der Waals surface area contributed by atoms with E-state index in [1.165, 1.54) is 38.9 Å². The lowest BCUT2D eigenvalue weighted by Gasteiger charge is -2.14. The molecular weight excluding hydrogens is 294 g/mol. The molecule has 0 spiro atoms. The molecule has 1 heterocycles. The summed E-state index contributed by atoms with van der Waals surface area (Å²) < 4.78 is 10.2. The summed E-state index contributed by atoms with van der Waals surface area (Å²) in [5.41, 5.74) is 0. The van der Waals surface area contributed by atoms with E-state index in [0.29, 0.717) is 24.0 Å². The first-order valence-electron chi connectivity index (χ1n) is 8.31. The van der Waals surface area contributed by atoms with Crippen LogP contribution >= 0.6 is 0 Å². The fourth-order valence-corrected chi connectivity index (χ4v) is 2.78. The molecule has 1 aliphatic rings. The van der Waals surface area contributed by atoms with Gasteiger partial charge in [0.05, 0.1) is 13.5 Å². The summed E-state index contributed by atoms with van der Waals surface area (Å²) in [4.78, 5) is 23.0. The van der Waals surface area contributed by atoms with E-state index in [1.54, 1.807) is 12.1 Å². The van der Waals surface area contributed by atoms with Crippen molar-refractivity contribution in [2.75, 3.05) is 7.11 Å². The molecular formula is C18H25NO4. The topological polar surface area (TPSA) is 68.5 Å². The average Bonchev–Trinajstić information content (AvgIpc) is 2.86. The molecule has 1 saturated carbocycles. The van der Waals surface area contributed by atoms with Crippen LogP contribution in [0.3, 0.4) is 0 Å². The molecule has 1 aromatic heterocycles. The van der Waals surface area contributed by atoms with Gasteiger partial charge in [0.1, 0.15) is 11.5 Å². The first-order valence-corrected chi connectivity index (χ1v) is 8.31. The van der Waals surface area contributed by atoms with Crippen molar-refractivity contribution in [2.45, 2.75) is 57.4 Å². The molecule has 0 radical (unpaired) electrons. The summed E-state index contributed by atoms with van der Waals surface area (Å²) >= 11 is 0. The normalized spacial score (nSPS) is 16.2. The highest BCUT2D eigenvalue weighted by Crippen LogP contribution is 2.17. The number of furan rings is 1. The summed E-state index contributed by atoms with van der Waals surface area (Å²) in [5, 5.41) is 3.06. The molecule has 1 aliphatic carbocycles. The Labute approximate surface area is 137 Å². The molecule has 5 heteroatoms. The maximum atomic E-state index is 12.0. The molecule has 2 rings (SSSR count). The molecule has 23 heavy (non-hydrogen) atoms. The van der Waals surface area contributed by atoms with E-state index in [4.69, 9.17) is 4.42 Å². The van der Waals surface area contributed by atoms with E-state index in [-0.39, 0.29) is 18.3 Å². The average molecular weight is 319 g/mol. The zero-order valence-electron chi connectivity index (χ0n) is 13.7. The highest BCUT2D eigenvalue weighted by Gasteiger charge is 2.13. The molecule has 1 N–H and O–H groups in total. The molecule has 0 saturated heterocycles. The third-order valence-corrected chi connectivity index (χ3v) is 4.09. The summed E-state index contributed by atoms with van der Waals surface area (Å²) in [6, 6.07) is 3.90. The zero-order valence-corrected chi connectivity index (χ0v) is 13.7. The molecule has 0 atom stereocenters. The third-order valence-electron chi connectivity index (χ3n) is 4.09. The molecule has 1 fully saturated rings. The smallest absolute Gasteiger partial charge is 0.305 e. The minimum Gasteiger partial charge on any atom is -0.469 e. The van der Waals surface area contributed by atoms with E-state index in [9.17, 15) is 9.59 Å². The predicted octanol–water partition coefficient (Wildman–Crippen LogP) is 3.24. The van der Waals surface area contributed by atoms with Crippen molar-refractivity contribution in [3.8, 4) is 0 Å². The van der Waals surface area contributed by atoms with Crippen LogP contribution in [-0.4, -0.2) is 25.0 Å². The maximum Gasteiger partial charge on any atom is 0.305 e. The monoisotopic (exact) mass is 319 g/mol. The van der Waals surface area contributed by atoms with Crippen LogP contribution in [0.25, 0.3) is 6.08 Å². The Morgan fingerprint density at radius 2 is 2.00 bits per heavy atom. The lowest BCUT2D eigenvalue weighted by molar-refractivity contribution is -0.140. The van der Waals surface area contributed by atoms with Crippen LogP contribution in [0.5, 0.6) is 0 Å². The number of amides is 1. The van der Waals surface area contributed by atoms with Crippen LogP contribution in [0.4, 0.5) is 0 Å². The summed E-state index contributed by atoms with van der Waals surface area (Å²) in [7, 11) is 1.37. The Bertz CT molecular complexity index is 539. The van der Waals surface area contributed by atoms with Crippen molar-refractivity contribution < 1.29 is 18.7 Å². The minimum atomic E-state index is -0.263. The predicted molar refractivity (Wildman–Crippen MR) is 87.7 cm³/mol. The van der Waals surface area contributed by atoms with Crippen LogP contribution in [0, 0.1) is 0 Å².